The van der Waals surface area contributed by atoms with Gasteiger partial charge in [-0.1, -0.05) is 12.1 Å². The molecule has 76 valence electrons. The lowest BCUT2D eigenvalue weighted by molar-refractivity contribution is 0.0522. The SMILES string of the molecule is C=CCCC(C)(O)Cc1cccnc1. The molecule has 1 aromatic heterocycles. The van der Waals surface area contributed by atoms with E-state index in [2.05, 4.69) is 11.6 Å². The van der Waals surface area contributed by atoms with Crippen molar-refractivity contribution in [2.75, 3.05) is 0 Å². The highest BCUT2D eigenvalue weighted by molar-refractivity contribution is 5.11. The van der Waals surface area contributed by atoms with Gasteiger partial charge in [-0.15, -0.1) is 6.58 Å². The predicted octanol–water partition coefficient (Wildman–Crippen LogP) is 2.34. The number of hydrogen-bond donors (Lipinski definition) is 1. The fourth-order valence-corrected chi connectivity index (χ4v) is 1.44. The molecule has 0 saturated carbocycles. The molecule has 0 fully saturated rings. The number of nitrogens with zero attached hydrogens (tertiary/aromatic N) is 1. The van der Waals surface area contributed by atoms with Crippen LogP contribution in [0.25, 0.3) is 0 Å². The molecule has 1 aromatic rings. The van der Waals surface area contributed by atoms with Crippen molar-refractivity contribution in [1.29, 1.82) is 0 Å². The first-order valence-electron chi connectivity index (χ1n) is 4.86. The topological polar surface area (TPSA) is 33.1 Å². The van der Waals surface area contributed by atoms with E-state index in [-0.39, 0.29) is 0 Å². The van der Waals surface area contributed by atoms with Crippen LogP contribution < -0.4 is 0 Å². The summed E-state index contributed by atoms with van der Waals surface area (Å²) in [6.07, 6.45) is 7.59. The summed E-state index contributed by atoms with van der Waals surface area (Å²) in [5, 5.41) is 10.0. The van der Waals surface area contributed by atoms with Gasteiger partial charge in [-0.2, -0.15) is 0 Å². The van der Waals surface area contributed by atoms with Gasteiger partial charge in [0, 0.05) is 18.8 Å². The normalized spacial score (nSPS) is 14.7. The van der Waals surface area contributed by atoms with E-state index >= 15 is 0 Å². The first-order valence-corrected chi connectivity index (χ1v) is 4.86. The Morgan fingerprint density at radius 1 is 1.64 bits per heavy atom. The van der Waals surface area contributed by atoms with Gasteiger partial charge in [0.15, 0.2) is 0 Å². The number of allylic oxidation sites excluding steroid dienone is 1. The van der Waals surface area contributed by atoms with Gasteiger partial charge in [0.2, 0.25) is 0 Å². The van der Waals surface area contributed by atoms with Crippen molar-refractivity contribution in [2.24, 2.45) is 0 Å². The van der Waals surface area contributed by atoms with E-state index in [0.29, 0.717) is 6.42 Å². The Labute approximate surface area is 85.3 Å². The summed E-state index contributed by atoms with van der Waals surface area (Å²) in [7, 11) is 0. The number of pyridine rings is 1. The van der Waals surface area contributed by atoms with Gasteiger partial charge in [0.1, 0.15) is 0 Å². The molecule has 0 aromatic carbocycles. The van der Waals surface area contributed by atoms with Gasteiger partial charge in [-0.3, -0.25) is 4.98 Å². The monoisotopic (exact) mass is 191 g/mol. The van der Waals surface area contributed by atoms with Gasteiger partial charge in [0.25, 0.3) is 0 Å². The summed E-state index contributed by atoms with van der Waals surface area (Å²) >= 11 is 0. The molecule has 0 aliphatic rings. The zero-order valence-electron chi connectivity index (χ0n) is 8.61. The van der Waals surface area contributed by atoms with Crippen LogP contribution in [0.2, 0.25) is 0 Å². The van der Waals surface area contributed by atoms with Crippen molar-refractivity contribution in [2.45, 2.75) is 31.8 Å². The van der Waals surface area contributed by atoms with Gasteiger partial charge in [0.05, 0.1) is 5.60 Å². The Bertz CT molecular complexity index is 280. The van der Waals surface area contributed by atoms with Gasteiger partial charge in [-0.05, 0) is 31.4 Å². The van der Waals surface area contributed by atoms with Crippen LogP contribution in [0.3, 0.4) is 0 Å². The van der Waals surface area contributed by atoms with Crippen LogP contribution in [0.1, 0.15) is 25.3 Å². The smallest absolute Gasteiger partial charge is 0.0663 e. The molecule has 0 bridgehead atoms. The fraction of sp³-hybridized carbons (Fsp3) is 0.417. The summed E-state index contributed by atoms with van der Waals surface area (Å²) in [5.41, 5.74) is 0.415. The van der Waals surface area contributed by atoms with Crippen molar-refractivity contribution < 1.29 is 5.11 Å². The number of aliphatic hydroxyl groups is 1. The molecule has 0 amide bonds. The largest absolute Gasteiger partial charge is 0.390 e. The van der Waals surface area contributed by atoms with E-state index in [0.717, 1.165) is 18.4 Å². The molecule has 2 nitrogen and oxygen atoms in total. The van der Waals surface area contributed by atoms with Gasteiger partial charge < -0.3 is 5.11 Å². The fourth-order valence-electron chi connectivity index (χ4n) is 1.44. The first kappa shape index (κ1) is 10.9. The lowest BCUT2D eigenvalue weighted by Crippen LogP contribution is -2.26. The van der Waals surface area contributed by atoms with Crippen LogP contribution in [0.15, 0.2) is 37.2 Å². The second-order valence-corrected chi connectivity index (χ2v) is 3.86. The van der Waals surface area contributed by atoms with Gasteiger partial charge in [-0.25, -0.2) is 0 Å². The highest BCUT2D eigenvalue weighted by Crippen LogP contribution is 2.18. The molecule has 2 heteroatoms. The Balaban J connectivity index is 2.54. The minimum absolute atomic E-state index is 0.648. The van der Waals surface area contributed by atoms with Crippen molar-refractivity contribution in [3.8, 4) is 0 Å². The Kier molecular flexibility index (Phi) is 3.84. The van der Waals surface area contributed by atoms with E-state index in [1.54, 1.807) is 12.4 Å². The molecule has 0 aliphatic carbocycles. The zero-order chi connectivity index (χ0) is 10.4. The van der Waals surface area contributed by atoms with E-state index in [9.17, 15) is 5.11 Å². The molecule has 0 aliphatic heterocycles. The van der Waals surface area contributed by atoms with Crippen LogP contribution >= 0.6 is 0 Å². The van der Waals surface area contributed by atoms with Crippen LogP contribution in [-0.4, -0.2) is 15.7 Å². The molecule has 14 heavy (non-hydrogen) atoms. The second kappa shape index (κ2) is 4.91. The summed E-state index contributed by atoms with van der Waals surface area (Å²) < 4.78 is 0. The summed E-state index contributed by atoms with van der Waals surface area (Å²) in [4.78, 5) is 4.02. The standard InChI is InChI=1S/C12H17NO/c1-3-4-7-12(2,14)9-11-6-5-8-13-10-11/h3,5-6,8,10,14H,1,4,7,9H2,2H3. The summed E-state index contributed by atoms with van der Waals surface area (Å²) in [5.74, 6) is 0. The molecular weight excluding hydrogens is 174 g/mol. The number of rotatable bonds is 5. The maximum atomic E-state index is 10.0. The maximum Gasteiger partial charge on any atom is 0.0663 e. The Morgan fingerprint density at radius 3 is 3.00 bits per heavy atom. The van der Waals surface area contributed by atoms with Crippen molar-refractivity contribution >= 4 is 0 Å². The van der Waals surface area contributed by atoms with Crippen LogP contribution in [0, 0.1) is 0 Å². The Hall–Kier alpha value is -1.15. The predicted molar refractivity (Wildman–Crippen MR) is 58.0 cm³/mol. The third-order valence-corrected chi connectivity index (χ3v) is 2.19. The van der Waals surface area contributed by atoms with E-state index in [1.165, 1.54) is 0 Å². The molecule has 0 spiro atoms. The molecule has 1 N–H and O–H groups in total. The number of hydrogen-bond acceptors (Lipinski definition) is 2. The molecule has 1 unspecified atom stereocenters. The summed E-state index contributed by atoms with van der Waals surface area (Å²) in [6, 6.07) is 3.87. The van der Waals surface area contributed by atoms with E-state index in [4.69, 9.17) is 0 Å². The van der Waals surface area contributed by atoms with Crippen LogP contribution in [0.4, 0.5) is 0 Å². The van der Waals surface area contributed by atoms with Gasteiger partial charge >= 0.3 is 0 Å². The highest BCUT2D eigenvalue weighted by Gasteiger charge is 2.19. The third kappa shape index (κ3) is 3.71. The van der Waals surface area contributed by atoms with Crippen LogP contribution in [-0.2, 0) is 6.42 Å². The highest BCUT2D eigenvalue weighted by atomic mass is 16.3. The minimum atomic E-state index is -0.656. The van der Waals surface area contributed by atoms with E-state index in [1.807, 2.05) is 25.1 Å². The summed E-state index contributed by atoms with van der Waals surface area (Å²) in [6.45, 7) is 5.50. The Morgan fingerprint density at radius 2 is 2.43 bits per heavy atom. The number of aromatic nitrogens is 1. The van der Waals surface area contributed by atoms with Crippen molar-refractivity contribution in [3.05, 3.63) is 42.7 Å². The lowest BCUT2D eigenvalue weighted by atomic mass is 9.93. The van der Waals surface area contributed by atoms with Crippen molar-refractivity contribution in [1.82, 2.24) is 4.98 Å². The lowest BCUT2D eigenvalue weighted by Gasteiger charge is -2.22. The second-order valence-electron chi connectivity index (χ2n) is 3.86. The molecule has 1 rings (SSSR count). The van der Waals surface area contributed by atoms with Crippen molar-refractivity contribution in [3.63, 3.8) is 0 Å². The maximum absolute atomic E-state index is 10.0. The molecule has 0 radical (unpaired) electrons. The minimum Gasteiger partial charge on any atom is -0.390 e. The van der Waals surface area contributed by atoms with E-state index < -0.39 is 5.60 Å². The molecule has 1 heterocycles. The quantitative estimate of drug-likeness (QED) is 0.725. The first-order chi connectivity index (χ1) is 6.64. The average molecular weight is 191 g/mol. The molecule has 1 atom stereocenters. The van der Waals surface area contributed by atoms with Crippen LogP contribution in [0.5, 0.6) is 0 Å². The molecule has 0 saturated heterocycles. The molecular formula is C12H17NO. The average Bonchev–Trinajstić information content (AvgIpc) is 2.16. The zero-order valence-corrected chi connectivity index (χ0v) is 8.61. The third-order valence-electron chi connectivity index (χ3n) is 2.19.